The number of carbonyl (C=O) groups excluding carboxylic acids is 2. The number of methoxy groups -OCH3 is 1. The molecule has 1 spiro atoms. The minimum atomic E-state index is -0.581. The minimum absolute atomic E-state index is 0.0802. The topological polar surface area (TPSA) is 102 Å². The molecule has 8 heteroatoms. The summed E-state index contributed by atoms with van der Waals surface area (Å²) in [5, 5.41) is 13.9. The van der Waals surface area contributed by atoms with Gasteiger partial charge < -0.3 is 15.0 Å². The second-order valence-corrected chi connectivity index (χ2v) is 6.74. The van der Waals surface area contributed by atoms with Gasteiger partial charge in [-0.1, -0.05) is 0 Å². The van der Waals surface area contributed by atoms with Crippen LogP contribution in [0.4, 0.5) is 11.4 Å². The molecule has 2 aliphatic rings. The summed E-state index contributed by atoms with van der Waals surface area (Å²) in [6, 6.07) is 4.46. The summed E-state index contributed by atoms with van der Waals surface area (Å²) >= 11 is 0. The molecule has 3 rings (SSSR count). The molecule has 8 nitrogen and oxygen atoms in total. The van der Waals surface area contributed by atoms with Crippen LogP contribution in [0.15, 0.2) is 18.2 Å². The van der Waals surface area contributed by atoms with E-state index in [-0.39, 0.29) is 17.8 Å². The molecule has 0 aromatic heterocycles. The molecule has 2 fully saturated rings. The van der Waals surface area contributed by atoms with E-state index < -0.39 is 16.8 Å². The summed E-state index contributed by atoms with van der Waals surface area (Å²) in [7, 11) is 1.22. The van der Waals surface area contributed by atoms with Gasteiger partial charge in [0.1, 0.15) is 12.2 Å². The summed E-state index contributed by atoms with van der Waals surface area (Å²) < 4.78 is 4.45. The first-order chi connectivity index (χ1) is 11.9. The van der Waals surface area contributed by atoms with Crippen LogP contribution in [0.3, 0.4) is 0 Å². The molecule has 1 saturated heterocycles. The number of nitro groups is 1. The van der Waals surface area contributed by atoms with E-state index in [0.29, 0.717) is 11.1 Å². The fraction of sp³-hybridized carbons (Fsp3) is 0.529. The normalized spacial score (nSPS) is 17.9. The molecule has 25 heavy (non-hydrogen) atoms. The summed E-state index contributed by atoms with van der Waals surface area (Å²) in [4.78, 5) is 36.3. The fourth-order valence-electron chi connectivity index (χ4n) is 3.40. The highest BCUT2D eigenvalue weighted by molar-refractivity contribution is 5.97. The molecule has 134 valence electrons. The maximum atomic E-state index is 12.1. The zero-order valence-electron chi connectivity index (χ0n) is 14.1. The Morgan fingerprint density at radius 3 is 2.76 bits per heavy atom. The Morgan fingerprint density at radius 2 is 2.12 bits per heavy atom. The van der Waals surface area contributed by atoms with Crippen molar-refractivity contribution in [3.05, 3.63) is 33.9 Å². The molecular formula is C17H21N3O5. The monoisotopic (exact) mass is 347 g/mol. The molecular weight excluding hydrogens is 326 g/mol. The van der Waals surface area contributed by atoms with Crippen molar-refractivity contribution in [2.75, 3.05) is 31.6 Å². The molecule has 0 unspecified atom stereocenters. The first-order valence-corrected chi connectivity index (χ1v) is 8.32. The number of hydrogen-bond donors (Lipinski definition) is 1. The van der Waals surface area contributed by atoms with Crippen molar-refractivity contribution in [3.8, 4) is 0 Å². The van der Waals surface area contributed by atoms with Crippen LogP contribution >= 0.6 is 0 Å². The highest BCUT2D eigenvalue weighted by Gasteiger charge is 2.46. The maximum Gasteiger partial charge on any atom is 0.325 e. The Bertz CT molecular complexity index is 714. The summed E-state index contributed by atoms with van der Waals surface area (Å²) in [6.45, 7) is 1.34. The number of benzene rings is 1. The second-order valence-electron chi connectivity index (χ2n) is 6.74. The molecule has 1 aromatic rings. The Labute approximate surface area is 145 Å². The smallest absolute Gasteiger partial charge is 0.325 e. The Balaban J connectivity index is 1.79. The predicted molar refractivity (Wildman–Crippen MR) is 90.6 cm³/mol. The Kier molecular flexibility index (Phi) is 4.61. The quantitative estimate of drug-likeness (QED) is 0.496. The molecule has 0 atom stereocenters. The van der Waals surface area contributed by atoms with Gasteiger partial charge >= 0.3 is 5.97 Å². The molecule has 1 aliphatic heterocycles. The van der Waals surface area contributed by atoms with E-state index in [1.807, 2.05) is 0 Å². The van der Waals surface area contributed by atoms with Gasteiger partial charge in [-0.15, -0.1) is 0 Å². The van der Waals surface area contributed by atoms with Crippen molar-refractivity contribution in [2.24, 2.45) is 5.41 Å². The minimum Gasteiger partial charge on any atom is -0.468 e. The van der Waals surface area contributed by atoms with E-state index in [2.05, 4.69) is 15.0 Å². The van der Waals surface area contributed by atoms with Crippen molar-refractivity contribution in [3.63, 3.8) is 0 Å². The van der Waals surface area contributed by atoms with Crippen molar-refractivity contribution in [2.45, 2.75) is 25.7 Å². The van der Waals surface area contributed by atoms with Crippen molar-refractivity contribution in [1.82, 2.24) is 5.32 Å². The zero-order chi connectivity index (χ0) is 18.0. The van der Waals surface area contributed by atoms with Gasteiger partial charge in [0.05, 0.1) is 12.0 Å². The molecule has 1 aromatic carbocycles. The third-order valence-corrected chi connectivity index (χ3v) is 5.01. The van der Waals surface area contributed by atoms with Gasteiger partial charge in [0.15, 0.2) is 0 Å². The van der Waals surface area contributed by atoms with Crippen molar-refractivity contribution in [1.29, 1.82) is 0 Å². The summed E-state index contributed by atoms with van der Waals surface area (Å²) in [6.07, 6.45) is 4.58. The first-order valence-electron chi connectivity index (χ1n) is 8.32. The first kappa shape index (κ1) is 17.2. The van der Waals surface area contributed by atoms with Gasteiger partial charge in [0.2, 0.25) is 0 Å². The average Bonchev–Trinajstić information content (AvgIpc) is 3.37. The lowest BCUT2D eigenvalue weighted by atomic mass is 9.94. The molecule has 1 amide bonds. The highest BCUT2D eigenvalue weighted by atomic mass is 16.6. The average molecular weight is 347 g/mol. The van der Waals surface area contributed by atoms with Crippen LogP contribution in [-0.4, -0.2) is 43.5 Å². The number of amides is 1. The summed E-state index contributed by atoms with van der Waals surface area (Å²) in [5.74, 6) is -1.13. The van der Waals surface area contributed by atoms with E-state index in [4.69, 9.17) is 0 Å². The van der Waals surface area contributed by atoms with E-state index in [1.165, 1.54) is 32.4 Å². The van der Waals surface area contributed by atoms with Gasteiger partial charge in [-0.25, -0.2) is 0 Å². The lowest BCUT2D eigenvalue weighted by molar-refractivity contribution is -0.384. The SMILES string of the molecule is COC(=O)CNC(=O)c1ccc(N2CCCC3(CC3)C2)c([N+](=O)[O-])c1. The van der Waals surface area contributed by atoms with Gasteiger partial charge in [-0.3, -0.25) is 19.7 Å². The third-order valence-electron chi connectivity index (χ3n) is 5.01. The number of anilines is 1. The number of nitrogens with one attached hydrogen (secondary N) is 1. The maximum absolute atomic E-state index is 12.1. The highest BCUT2D eigenvalue weighted by Crippen LogP contribution is 2.53. The van der Waals surface area contributed by atoms with E-state index >= 15 is 0 Å². The zero-order valence-corrected chi connectivity index (χ0v) is 14.1. The van der Waals surface area contributed by atoms with Crippen molar-refractivity contribution < 1.29 is 19.2 Å². The van der Waals surface area contributed by atoms with Crippen LogP contribution in [0.25, 0.3) is 0 Å². The number of piperidine rings is 1. The van der Waals surface area contributed by atoms with Gasteiger partial charge in [-0.2, -0.15) is 0 Å². The number of hydrogen-bond acceptors (Lipinski definition) is 6. The second kappa shape index (κ2) is 6.70. The number of esters is 1. The van der Waals surface area contributed by atoms with Gasteiger partial charge in [-0.05, 0) is 43.2 Å². The summed E-state index contributed by atoms with van der Waals surface area (Å²) in [5.41, 5.74) is 0.962. The van der Waals surface area contributed by atoms with E-state index in [1.54, 1.807) is 12.1 Å². The number of nitrogens with zero attached hydrogens (tertiary/aromatic N) is 2. The Morgan fingerprint density at radius 1 is 1.36 bits per heavy atom. The van der Waals surface area contributed by atoms with Crippen LogP contribution in [0, 0.1) is 15.5 Å². The number of nitro benzene ring substituents is 1. The standard InChI is InChI=1S/C17H21N3O5/c1-25-15(21)10-18-16(22)12-3-4-13(14(9-12)20(23)24)19-8-2-5-17(11-19)6-7-17/h3-4,9H,2,5-8,10-11H2,1H3,(H,18,22). The molecule has 0 bridgehead atoms. The van der Waals surface area contributed by atoms with Gasteiger partial charge in [0.25, 0.3) is 11.6 Å². The molecule has 1 heterocycles. The fourth-order valence-corrected chi connectivity index (χ4v) is 3.40. The van der Waals surface area contributed by atoms with Crippen LogP contribution in [0.2, 0.25) is 0 Å². The van der Waals surface area contributed by atoms with E-state index in [9.17, 15) is 19.7 Å². The van der Waals surface area contributed by atoms with E-state index in [0.717, 1.165) is 19.5 Å². The Hall–Kier alpha value is -2.64. The van der Waals surface area contributed by atoms with Crippen LogP contribution < -0.4 is 10.2 Å². The molecule has 1 saturated carbocycles. The molecule has 1 N–H and O–H groups in total. The van der Waals surface area contributed by atoms with Crippen LogP contribution in [0.5, 0.6) is 0 Å². The van der Waals surface area contributed by atoms with Crippen LogP contribution in [0.1, 0.15) is 36.0 Å². The predicted octanol–water partition coefficient (Wildman–Crippen LogP) is 1.88. The van der Waals surface area contributed by atoms with Crippen LogP contribution in [-0.2, 0) is 9.53 Å². The largest absolute Gasteiger partial charge is 0.468 e. The number of ether oxygens (including phenoxy) is 1. The third kappa shape index (κ3) is 3.72. The number of rotatable bonds is 5. The van der Waals surface area contributed by atoms with Crippen molar-refractivity contribution >= 4 is 23.3 Å². The lowest BCUT2D eigenvalue weighted by Gasteiger charge is -2.34. The molecule has 0 radical (unpaired) electrons. The number of carbonyl (C=O) groups is 2. The molecule has 1 aliphatic carbocycles. The lowest BCUT2D eigenvalue weighted by Crippen LogP contribution is -2.37. The van der Waals surface area contributed by atoms with Gasteiger partial charge in [0, 0.05) is 24.7 Å².